The summed E-state index contributed by atoms with van der Waals surface area (Å²) < 4.78 is 5.09. The van der Waals surface area contributed by atoms with E-state index in [1.807, 2.05) is 31.2 Å². The minimum absolute atomic E-state index is 0.0646. The van der Waals surface area contributed by atoms with Crippen LogP contribution in [0.25, 0.3) is 0 Å². The van der Waals surface area contributed by atoms with Gasteiger partial charge in [-0.15, -0.1) is 0 Å². The standard InChI is InChI=1S/C21H24N2O4/c1-15-6-4-5-7-18(15)13-23(3)20(25)14-27-21(26)12-17-8-10-19(11-9-17)22-16(2)24/h4-11H,12-14H2,1-3H3,(H,22,24). The summed E-state index contributed by atoms with van der Waals surface area (Å²) in [7, 11) is 1.68. The summed E-state index contributed by atoms with van der Waals surface area (Å²) >= 11 is 0. The molecule has 0 fully saturated rings. The van der Waals surface area contributed by atoms with E-state index in [2.05, 4.69) is 5.32 Å². The lowest BCUT2D eigenvalue weighted by Crippen LogP contribution is -2.31. The lowest BCUT2D eigenvalue weighted by atomic mass is 10.1. The van der Waals surface area contributed by atoms with Crippen LogP contribution in [0.3, 0.4) is 0 Å². The van der Waals surface area contributed by atoms with Gasteiger partial charge in [0, 0.05) is 26.2 Å². The van der Waals surface area contributed by atoms with Crippen LogP contribution in [-0.2, 0) is 32.1 Å². The highest BCUT2D eigenvalue weighted by molar-refractivity contribution is 5.88. The predicted molar refractivity (Wildman–Crippen MR) is 103 cm³/mol. The largest absolute Gasteiger partial charge is 0.455 e. The number of carbonyl (C=O) groups excluding carboxylic acids is 3. The Hall–Kier alpha value is -3.15. The molecule has 142 valence electrons. The predicted octanol–water partition coefficient (Wildman–Crippen LogP) is 2.70. The van der Waals surface area contributed by atoms with Gasteiger partial charge in [-0.05, 0) is 35.7 Å². The molecule has 27 heavy (non-hydrogen) atoms. The number of benzene rings is 2. The van der Waals surface area contributed by atoms with Gasteiger partial charge in [0.2, 0.25) is 5.91 Å². The van der Waals surface area contributed by atoms with Crippen LogP contribution in [0.4, 0.5) is 5.69 Å². The number of likely N-dealkylation sites (N-methyl/N-ethyl adjacent to an activating group) is 1. The molecular formula is C21H24N2O4. The van der Waals surface area contributed by atoms with E-state index < -0.39 is 5.97 Å². The third kappa shape index (κ3) is 6.58. The fourth-order valence-electron chi connectivity index (χ4n) is 2.51. The molecule has 0 saturated carbocycles. The van der Waals surface area contributed by atoms with Crippen molar-refractivity contribution in [1.82, 2.24) is 4.90 Å². The molecule has 2 rings (SSSR count). The molecule has 0 bridgehead atoms. The third-order valence-corrected chi connectivity index (χ3v) is 4.07. The number of carbonyl (C=O) groups is 3. The van der Waals surface area contributed by atoms with Gasteiger partial charge in [-0.2, -0.15) is 0 Å². The molecule has 6 heteroatoms. The number of nitrogens with one attached hydrogen (secondary N) is 1. The van der Waals surface area contributed by atoms with Crippen molar-refractivity contribution in [3.05, 3.63) is 65.2 Å². The van der Waals surface area contributed by atoms with E-state index in [0.717, 1.165) is 16.7 Å². The fraction of sp³-hybridized carbons (Fsp3) is 0.286. The zero-order valence-electron chi connectivity index (χ0n) is 15.8. The van der Waals surface area contributed by atoms with Crippen LogP contribution in [-0.4, -0.2) is 36.3 Å². The van der Waals surface area contributed by atoms with Gasteiger partial charge >= 0.3 is 5.97 Å². The molecule has 0 unspecified atom stereocenters. The lowest BCUT2D eigenvalue weighted by Gasteiger charge is -2.18. The van der Waals surface area contributed by atoms with Gasteiger partial charge in [-0.3, -0.25) is 14.4 Å². The first-order chi connectivity index (χ1) is 12.8. The second kappa shape index (κ2) is 9.52. The summed E-state index contributed by atoms with van der Waals surface area (Å²) in [5, 5.41) is 2.66. The number of hydrogen-bond acceptors (Lipinski definition) is 4. The zero-order valence-corrected chi connectivity index (χ0v) is 15.8. The van der Waals surface area contributed by atoms with Crippen molar-refractivity contribution in [3.8, 4) is 0 Å². The average molecular weight is 368 g/mol. The molecule has 0 aliphatic carbocycles. The highest BCUT2D eigenvalue weighted by Crippen LogP contribution is 2.11. The normalized spacial score (nSPS) is 10.2. The molecule has 0 radical (unpaired) electrons. The minimum Gasteiger partial charge on any atom is -0.455 e. The quantitative estimate of drug-likeness (QED) is 0.763. The van der Waals surface area contributed by atoms with E-state index in [-0.39, 0.29) is 24.8 Å². The van der Waals surface area contributed by atoms with E-state index in [0.29, 0.717) is 12.2 Å². The molecular weight excluding hydrogens is 344 g/mol. The average Bonchev–Trinajstić information content (AvgIpc) is 2.62. The number of rotatable bonds is 7. The maximum Gasteiger partial charge on any atom is 0.310 e. The molecule has 0 aliphatic rings. The van der Waals surface area contributed by atoms with Gasteiger partial charge < -0.3 is 15.0 Å². The SMILES string of the molecule is CC(=O)Nc1ccc(CC(=O)OCC(=O)N(C)Cc2ccccc2C)cc1. The number of anilines is 1. The summed E-state index contributed by atoms with van der Waals surface area (Å²) in [5.74, 6) is -0.886. The van der Waals surface area contributed by atoms with Crippen LogP contribution < -0.4 is 5.32 Å². The second-order valence-corrected chi connectivity index (χ2v) is 6.39. The highest BCUT2D eigenvalue weighted by Gasteiger charge is 2.13. The highest BCUT2D eigenvalue weighted by atomic mass is 16.5. The Morgan fingerprint density at radius 1 is 1.04 bits per heavy atom. The van der Waals surface area contributed by atoms with Crippen LogP contribution in [0, 0.1) is 6.92 Å². The van der Waals surface area contributed by atoms with Crippen LogP contribution in [0.2, 0.25) is 0 Å². The fourth-order valence-corrected chi connectivity index (χ4v) is 2.51. The van der Waals surface area contributed by atoms with Gasteiger partial charge in [0.25, 0.3) is 5.91 Å². The monoisotopic (exact) mass is 368 g/mol. The van der Waals surface area contributed by atoms with Crippen LogP contribution in [0.5, 0.6) is 0 Å². The van der Waals surface area contributed by atoms with E-state index >= 15 is 0 Å². The maximum atomic E-state index is 12.2. The Bertz CT molecular complexity index is 815. The zero-order chi connectivity index (χ0) is 19.8. The van der Waals surface area contributed by atoms with E-state index in [4.69, 9.17) is 4.74 Å². The molecule has 0 aromatic heterocycles. The summed E-state index contributed by atoms with van der Waals surface area (Å²) in [6.07, 6.45) is 0.0646. The smallest absolute Gasteiger partial charge is 0.310 e. The first-order valence-electron chi connectivity index (χ1n) is 8.66. The van der Waals surface area contributed by atoms with Gasteiger partial charge in [0.15, 0.2) is 6.61 Å². The topological polar surface area (TPSA) is 75.7 Å². The number of hydrogen-bond donors (Lipinski definition) is 1. The number of ether oxygens (including phenoxy) is 1. The van der Waals surface area contributed by atoms with Crippen molar-refractivity contribution >= 4 is 23.5 Å². The third-order valence-electron chi connectivity index (χ3n) is 4.07. The summed E-state index contributed by atoms with van der Waals surface area (Å²) in [6.45, 7) is 3.60. The van der Waals surface area contributed by atoms with E-state index in [9.17, 15) is 14.4 Å². The minimum atomic E-state index is -0.472. The summed E-state index contributed by atoms with van der Waals surface area (Å²) in [4.78, 5) is 36.7. The van der Waals surface area contributed by atoms with Crippen molar-refractivity contribution in [1.29, 1.82) is 0 Å². The van der Waals surface area contributed by atoms with Gasteiger partial charge in [-0.1, -0.05) is 36.4 Å². The number of amides is 2. The molecule has 0 atom stereocenters. The molecule has 2 aromatic rings. The summed E-state index contributed by atoms with van der Waals surface area (Å²) in [6, 6.07) is 14.7. The van der Waals surface area contributed by atoms with Crippen molar-refractivity contribution in [2.75, 3.05) is 19.0 Å². The van der Waals surface area contributed by atoms with E-state index in [1.54, 1.807) is 31.3 Å². The molecule has 2 amide bonds. The van der Waals surface area contributed by atoms with Crippen LogP contribution in [0.1, 0.15) is 23.6 Å². The molecule has 0 aliphatic heterocycles. The lowest BCUT2D eigenvalue weighted by molar-refractivity contribution is -0.151. The first-order valence-corrected chi connectivity index (χ1v) is 8.66. The number of esters is 1. The van der Waals surface area contributed by atoms with Gasteiger partial charge in [0.05, 0.1) is 6.42 Å². The number of aryl methyl sites for hydroxylation is 1. The van der Waals surface area contributed by atoms with Crippen LogP contribution in [0.15, 0.2) is 48.5 Å². The molecule has 0 spiro atoms. The molecule has 0 saturated heterocycles. The molecule has 1 N–H and O–H groups in total. The maximum absolute atomic E-state index is 12.2. The Balaban J connectivity index is 1.79. The Morgan fingerprint density at radius 3 is 2.33 bits per heavy atom. The van der Waals surface area contributed by atoms with Crippen molar-refractivity contribution in [2.45, 2.75) is 26.8 Å². The van der Waals surface area contributed by atoms with Gasteiger partial charge in [0.1, 0.15) is 0 Å². The Labute approximate surface area is 159 Å². The van der Waals surface area contributed by atoms with Crippen molar-refractivity contribution < 1.29 is 19.1 Å². The van der Waals surface area contributed by atoms with Crippen LogP contribution >= 0.6 is 0 Å². The Morgan fingerprint density at radius 2 is 1.70 bits per heavy atom. The van der Waals surface area contributed by atoms with Gasteiger partial charge in [-0.25, -0.2) is 0 Å². The first kappa shape index (κ1) is 20.2. The second-order valence-electron chi connectivity index (χ2n) is 6.39. The van der Waals surface area contributed by atoms with E-state index in [1.165, 1.54) is 11.8 Å². The van der Waals surface area contributed by atoms with Crippen molar-refractivity contribution in [2.24, 2.45) is 0 Å². The van der Waals surface area contributed by atoms with Crippen molar-refractivity contribution in [3.63, 3.8) is 0 Å². The molecule has 0 heterocycles. The Kier molecular flexibility index (Phi) is 7.11. The number of nitrogens with zero attached hydrogens (tertiary/aromatic N) is 1. The molecule has 2 aromatic carbocycles. The summed E-state index contributed by atoms with van der Waals surface area (Å²) in [5.41, 5.74) is 3.57. The molecule has 6 nitrogen and oxygen atoms in total.